The van der Waals surface area contributed by atoms with E-state index in [4.69, 9.17) is 14.3 Å². The number of rotatable bonds is 9. The third-order valence-electron chi connectivity index (χ3n) is 4.40. The van der Waals surface area contributed by atoms with E-state index >= 15 is 0 Å². The summed E-state index contributed by atoms with van der Waals surface area (Å²) in [7, 11) is 1.49. The van der Waals surface area contributed by atoms with Gasteiger partial charge in [0.05, 0.1) is 12.8 Å². The number of carboxylic acids is 1. The summed E-state index contributed by atoms with van der Waals surface area (Å²) < 4.78 is 24.3. The number of carbonyl (C=O) groups excluding carboxylic acids is 1. The van der Waals surface area contributed by atoms with Gasteiger partial charge in [0.15, 0.2) is 5.58 Å². The topological polar surface area (TPSA) is 114 Å². The standard InChI is InChI=1S/C21H22FN3O5/c1-29-17-8-6-13(20-24-16-12-14(22)7-9-18(16)30-20)11-15(17)25-21(28)23-10-4-2-3-5-19(26)27/h6-9,11-12H,2-5,10H2,1H3,(H,26,27)(H2,23,25,28). The molecule has 158 valence electrons. The summed E-state index contributed by atoms with van der Waals surface area (Å²) in [5, 5.41) is 14.1. The fraction of sp³-hybridized carbons (Fsp3) is 0.286. The Bertz CT molecular complexity index is 1050. The molecule has 1 heterocycles. The van der Waals surface area contributed by atoms with Crippen LogP contribution in [-0.4, -0.2) is 35.7 Å². The molecule has 0 aliphatic rings. The van der Waals surface area contributed by atoms with Crippen LogP contribution in [0.5, 0.6) is 5.75 Å². The summed E-state index contributed by atoms with van der Waals surface area (Å²) in [5.41, 5.74) is 1.87. The lowest BCUT2D eigenvalue weighted by Gasteiger charge is -2.12. The summed E-state index contributed by atoms with van der Waals surface area (Å²) >= 11 is 0. The first kappa shape index (κ1) is 21.1. The predicted octanol–water partition coefficient (Wildman–Crippen LogP) is 4.41. The van der Waals surface area contributed by atoms with E-state index in [-0.39, 0.29) is 6.42 Å². The number of hydrogen-bond donors (Lipinski definition) is 3. The van der Waals surface area contributed by atoms with Crippen molar-refractivity contribution in [2.75, 3.05) is 19.0 Å². The van der Waals surface area contributed by atoms with Gasteiger partial charge in [-0.05, 0) is 43.2 Å². The third kappa shape index (κ3) is 5.47. The van der Waals surface area contributed by atoms with Crippen molar-refractivity contribution in [1.82, 2.24) is 10.3 Å². The monoisotopic (exact) mass is 415 g/mol. The molecule has 0 aliphatic heterocycles. The minimum Gasteiger partial charge on any atom is -0.495 e. The molecule has 9 heteroatoms. The van der Waals surface area contributed by atoms with E-state index in [0.717, 1.165) is 0 Å². The van der Waals surface area contributed by atoms with Crippen LogP contribution in [0.4, 0.5) is 14.9 Å². The summed E-state index contributed by atoms with van der Waals surface area (Å²) in [6.45, 7) is 0.421. The van der Waals surface area contributed by atoms with Crippen LogP contribution in [0.3, 0.4) is 0 Å². The van der Waals surface area contributed by atoms with E-state index in [1.807, 2.05) is 0 Å². The van der Waals surface area contributed by atoms with E-state index in [2.05, 4.69) is 15.6 Å². The fourth-order valence-corrected chi connectivity index (χ4v) is 2.91. The maximum Gasteiger partial charge on any atom is 0.319 e. The first-order valence-electron chi connectivity index (χ1n) is 9.47. The van der Waals surface area contributed by atoms with Gasteiger partial charge in [0.25, 0.3) is 0 Å². The predicted molar refractivity (Wildman–Crippen MR) is 109 cm³/mol. The van der Waals surface area contributed by atoms with E-state index in [9.17, 15) is 14.0 Å². The minimum absolute atomic E-state index is 0.124. The average Bonchev–Trinajstić information content (AvgIpc) is 3.13. The zero-order valence-corrected chi connectivity index (χ0v) is 16.4. The third-order valence-corrected chi connectivity index (χ3v) is 4.40. The second-order valence-electron chi connectivity index (χ2n) is 6.63. The van der Waals surface area contributed by atoms with Crippen molar-refractivity contribution < 1.29 is 28.2 Å². The maximum atomic E-state index is 13.4. The molecular formula is C21H22FN3O5. The molecule has 3 aromatic rings. The van der Waals surface area contributed by atoms with Crippen molar-refractivity contribution >= 4 is 28.8 Å². The van der Waals surface area contributed by atoms with Gasteiger partial charge in [0.2, 0.25) is 5.89 Å². The van der Waals surface area contributed by atoms with Gasteiger partial charge in [-0.1, -0.05) is 6.42 Å². The van der Waals surface area contributed by atoms with Crippen molar-refractivity contribution in [3.8, 4) is 17.2 Å². The molecule has 0 atom stereocenters. The first-order chi connectivity index (χ1) is 14.5. The van der Waals surface area contributed by atoms with Gasteiger partial charge in [-0.3, -0.25) is 4.79 Å². The van der Waals surface area contributed by atoms with Gasteiger partial charge in [0, 0.05) is 24.6 Å². The van der Waals surface area contributed by atoms with E-state index in [1.54, 1.807) is 18.2 Å². The SMILES string of the molecule is COc1ccc(-c2nc3cc(F)ccc3o2)cc1NC(=O)NCCCCCC(=O)O. The largest absolute Gasteiger partial charge is 0.495 e. The molecule has 2 aromatic carbocycles. The lowest BCUT2D eigenvalue weighted by atomic mass is 10.2. The van der Waals surface area contributed by atoms with Crippen molar-refractivity contribution in [3.63, 3.8) is 0 Å². The summed E-state index contributed by atoms with van der Waals surface area (Å²) in [6, 6.07) is 8.74. The zero-order chi connectivity index (χ0) is 21.5. The van der Waals surface area contributed by atoms with Gasteiger partial charge in [-0.2, -0.15) is 0 Å². The van der Waals surface area contributed by atoms with E-state index in [1.165, 1.54) is 25.3 Å². The molecule has 30 heavy (non-hydrogen) atoms. The molecule has 0 aliphatic carbocycles. The number of carbonyl (C=O) groups is 2. The number of hydrogen-bond acceptors (Lipinski definition) is 5. The van der Waals surface area contributed by atoms with Crippen LogP contribution in [0.15, 0.2) is 40.8 Å². The Morgan fingerprint density at radius 2 is 2.00 bits per heavy atom. The second-order valence-corrected chi connectivity index (χ2v) is 6.63. The van der Waals surface area contributed by atoms with Crippen molar-refractivity contribution in [1.29, 1.82) is 0 Å². The smallest absolute Gasteiger partial charge is 0.319 e. The number of urea groups is 1. The number of unbranched alkanes of at least 4 members (excludes halogenated alkanes) is 2. The van der Waals surface area contributed by atoms with Crippen LogP contribution >= 0.6 is 0 Å². The normalized spacial score (nSPS) is 10.7. The minimum atomic E-state index is -0.822. The van der Waals surface area contributed by atoms with E-state index in [0.29, 0.717) is 59.8 Å². The number of aromatic nitrogens is 1. The van der Waals surface area contributed by atoms with Crippen LogP contribution < -0.4 is 15.4 Å². The Hall–Kier alpha value is -3.62. The molecule has 0 saturated heterocycles. The summed E-state index contributed by atoms with van der Waals surface area (Å²) in [5.74, 6) is -0.478. The number of amides is 2. The molecule has 3 N–H and O–H groups in total. The number of carboxylic acid groups (broad SMARTS) is 1. The van der Waals surface area contributed by atoms with Crippen molar-refractivity contribution in [2.24, 2.45) is 0 Å². The van der Waals surface area contributed by atoms with Crippen molar-refractivity contribution in [2.45, 2.75) is 25.7 Å². The highest BCUT2D eigenvalue weighted by molar-refractivity contribution is 5.92. The zero-order valence-electron chi connectivity index (χ0n) is 16.4. The first-order valence-corrected chi connectivity index (χ1v) is 9.47. The Kier molecular flexibility index (Phi) is 6.84. The number of anilines is 1. The number of fused-ring (bicyclic) bond motifs is 1. The number of oxazole rings is 1. The van der Waals surface area contributed by atoms with Gasteiger partial charge >= 0.3 is 12.0 Å². The number of aliphatic carboxylic acids is 1. The van der Waals surface area contributed by atoms with Gasteiger partial charge in [-0.15, -0.1) is 0 Å². The number of benzene rings is 2. The van der Waals surface area contributed by atoms with E-state index < -0.39 is 17.8 Å². The summed E-state index contributed by atoms with van der Waals surface area (Å²) in [4.78, 5) is 27.0. The van der Waals surface area contributed by atoms with Crippen LogP contribution in [0.25, 0.3) is 22.6 Å². The molecular weight excluding hydrogens is 393 g/mol. The maximum absolute atomic E-state index is 13.4. The van der Waals surface area contributed by atoms with Crippen LogP contribution in [-0.2, 0) is 4.79 Å². The number of nitrogens with one attached hydrogen (secondary N) is 2. The lowest BCUT2D eigenvalue weighted by molar-refractivity contribution is -0.137. The van der Waals surface area contributed by atoms with Gasteiger partial charge < -0.3 is 24.9 Å². The Labute approximate surface area is 172 Å². The molecule has 0 spiro atoms. The highest BCUT2D eigenvalue weighted by atomic mass is 19.1. The number of methoxy groups -OCH3 is 1. The molecule has 2 amide bonds. The average molecular weight is 415 g/mol. The Balaban J connectivity index is 1.65. The highest BCUT2D eigenvalue weighted by Crippen LogP contribution is 2.32. The molecule has 3 rings (SSSR count). The molecule has 8 nitrogen and oxygen atoms in total. The lowest BCUT2D eigenvalue weighted by Crippen LogP contribution is -2.29. The van der Waals surface area contributed by atoms with Crippen molar-refractivity contribution in [3.05, 3.63) is 42.2 Å². The fourth-order valence-electron chi connectivity index (χ4n) is 2.91. The number of halogens is 1. The number of ether oxygens (including phenoxy) is 1. The Morgan fingerprint density at radius 3 is 2.77 bits per heavy atom. The molecule has 0 radical (unpaired) electrons. The Morgan fingerprint density at radius 1 is 1.17 bits per heavy atom. The second kappa shape index (κ2) is 9.73. The summed E-state index contributed by atoms with van der Waals surface area (Å²) in [6.07, 6.45) is 2.09. The molecule has 1 aromatic heterocycles. The molecule has 0 saturated carbocycles. The molecule has 0 bridgehead atoms. The van der Waals surface area contributed by atoms with Crippen LogP contribution in [0.2, 0.25) is 0 Å². The van der Waals surface area contributed by atoms with Gasteiger partial charge in [-0.25, -0.2) is 14.2 Å². The van der Waals surface area contributed by atoms with Gasteiger partial charge in [0.1, 0.15) is 17.1 Å². The van der Waals surface area contributed by atoms with Crippen LogP contribution in [0.1, 0.15) is 25.7 Å². The van der Waals surface area contributed by atoms with Crippen LogP contribution in [0, 0.1) is 5.82 Å². The molecule has 0 fully saturated rings. The highest BCUT2D eigenvalue weighted by Gasteiger charge is 2.13. The number of nitrogens with zero attached hydrogens (tertiary/aromatic N) is 1. The molecule has 0 unspecified atom stereocenters. The quantitative estimate of drug-likeness (QED) is 0.446.